The lowest BCUT2D eigenvalue weighted by molar-refractivity contribution is 0.205. The van der Waals surface area contributed by atoms with Crippen molar-refractivity contribution in [2.24, 2.45) is 10.8 Å². The van der Waals surface area contributed by atoms with Gasteiger partial charge in [-0.05, 0) is 56.2 Å². The van der Waals surface area contributed by atoms with Crippen LogP contribution in [0.4, 0.5) is 0 Å². The van der Waals surface area contributed by atoms with Gasteiger partial charge in [0.2, 0.25) is 0 Å². The van der Waals surface area contributed by atoms with E-state index in [1.807, 2.05) is 25.3 Å². The molecule has 1 unspecified atom stereocenters. The van der Waals surface area contributed by atoms with E-state index in [2.05, 4.69) is 63.1 Å². The van der Waals surface area contributed by atoms with Gasteiger partial charge in [-0.1, -0.05) is 38.2 Å². The predicted octanol–water partition coefficient (Wildman–Crippen LogP) is 5.17. The second-order valence-corrected chi connectivity index (χ2v) is 7.18. The van der Waals surface area contributed by atoms with Gasteiger partial charge in [0.25, 0.3) is 0 Å². The molecule has 0 aliphatic rings. The first-order valence-corrected chi connectivity index (χ1v) is 8.75. The van der Waals surface area contributed by atoms with Crippen LogP contribution in [-0.2, 0) is 0 Å². The molecule has 2 heteroatoms. The van der Waals surface area contributed by atoms with Crippen LogP contribution >= 0.6 is 0 Å². The number of rotatable bonds is 14. The van der Waals surface area contributed by atoms with E-state index < -0.39 is 0 Å². The van der Waals surface area contributed by atoms with Crippen LogP contribution in [0.5, 0.6) is 0 Å². The van der Waals surface area contributed by atoms with Gasteiger partial charge in [-0.3, -0.25) is 0 Å². The van der Waals surface area contributed by atoms with Gasteiger partial charge in [-0.2, -0.15) is 0 Å². The normalized spacial score (nSPS) is 14.4. The van der Waals surface area contributed by atoms with E-state index in [4.69, 9.17) is 0 Å². The molecule has 0 radical (unpaired) electrons. The molecule has 0 amide bonds. The summed E-state index contributed by atoms with van der Waals surface area (Å²) < 4.78 is 0. The summed E-state index contributed by atoms with van der Waals surface area (Å²) in [7, 11) is 4.17. The Bertz CT molecular complexity index is 373. The van der Waals surface area contributed by atoms with Crippen molar-refractivity contribution in [2.75, 3.05) is 27.2 Å². The van der Waals surface area contributed by atoms with Crippen molar-refractivity contribution in [3.05, 3.63) is 50.2 Å². The second-order valence-electron chi connectivity index (χ2n) is 7.18. The Kier molecular flexibility index (Phi) is 10.7. The molecule has 0 aromatic rings. The molecule has 0 heterocycles. The highest BCUT2D eigenvalue weighted by atomic mass is 15.1. The van der Waals surface area contributed by atoms with E-state index in [1.165, 1.54) is 0 Å². The SMILES string of the molecule is C=CCC(C)(C/C=C/N(C)CC(CC)(CC=C)CC=C)CNC. The molecule has 0 saturated carbocycles. The summed E-state index contributed by atoms with van der Waals surface area (Å²) in [6.45, 7) is 18.4. The van der Waals surface area contributed by atoms with Crippen LogP contribution in [-0.4, -0.2) is 32.1 Å². The summed E-state index contributed by atoms with van der Waals surface area (Å²) in [6, 6.07) is 0. The lowest BCUT2D eigenvalue weighted by Gasteiger charge is -2.35. The molecule has 0 aromatic carbocycles. The molecular formula is C21H38N2. The van der Waals surface area contributed by atoms with Gasteiger partial charge in [0.05, 0.1) is 0 Å². The summed E-state index contributed by atoms with van der Waals surface area (Å²) in [6.07, 6.45) is 15.9. The van der Waals surface area contributed by atoms with Gasteiger partial charge >= 0.3 is 0 Å². The van der Waals surface area contributed by atoms with Crippen LogP contribution in [0.2, 0.25) is 0 Å². The highest BCUT2D eigenvalue weighted by Crippen LogP contribution is 2.33. The number of allylic oxidation sites excluding steroid dienone is 4. The Morgan fingerprint density at radius 1 is 1.00 bits per heavy atom. The van der Waals surface area contributed by atoms with E-state index in [-0.39, 0.29) is 10.8 Å². The second kappa shape index (κ2) is 11.3. The van der Waals surface area contributed by atoms with Crippen LogP contribution < -0.4 is 5.32 Å². The quantitative estimate of drug-likeness (QED) is 0.444. The van der Waals surface area contributed by atoms with Crippen LogP contribution in [0.1, 0.15) is 46.0 Å². The summed E-state index contributed by atoms with van der Waals surface area (Å²) in [5, 5.41) is 3.29. The van der Waals surface area contributed by atoms with Crippen molar-refractivity contribution in [1.29, 1.82) is 0 Å². The zero-order chi connectivity index (χ0) is 17.8. The maximum Gasteiger partial charge on any atom is 0.0231 e. The Labute approximate surface area is 145 Å². The topological polar surface area (TPSA) is 15.3 Å². The summed E-state index contributed by atoms with van der Waals surface area (Å²) in [4.78, 5) is 2.31. The van der Waals surface area contributed by atoms with Gasteiger partial charge in [0, 0.05) is 20.1 Å². The molecule has 0 bridgehead atoms. The van der Waals surface area contributed by atoms with Crippen LogP contribution in [0.3, 0.4) is 0 Å². The minimum Gasteiger partial charge on any atom is -0.380 e. The Hall–Kier alpha value is -1.28. The van der Waals surface area contributed by atoms with E-state index in [0.29, 0.717) is 0 Å². The minimum atomic E-state index is 0.234. The van der Waals surface area contributed by atoms with E-state index >= 15 is 0 Å². The highest BCUT2D eigenvalue weighted by Gasteiger charge is 2.26. The molecule has 0 aromatic heterocycles. The molecule has 132 valence electrons. The average Bonchev–Trinajstić information content (AvgIpc) is 2.48. The Morgan fingerprint density at radius 2 is 1.57 bits per heavy atom. The third kappa shape index (κ3) is 8.22. The Balaban J connectivity index is 4.76. The molecular weight excluding hydrogens is 280 g/mol. The fourth-order valence-corrected chi connectivity index (χ4v) is 3.33. The Morgan fingerprint density at radius 3 is 2.00 bits per heavy atom. The number of hydrogen-bond acceptors (Lipinski definition) is 2. The lowest BCUT2D eigenvalue weighted by atomic mass is 9.78. The van der Waals surface area contributed by atoms with E-state index in [0.717, 1.165) is 45.2 Å². The van der Waals surface area contributed by atoms with Crippen LogP contribution in [0.25, 0.3) is 0 Å². The van der Waals surface area contributed by atoms with Crippen LogP contribution in [0.15, 0.2) is 50.2 Å². The maximum atomic E-state index is 3.93. The summed E-state index contributed by atoms with van der Waals surface area (Å²) >= 11 is 0. The fraction of sp³-hybridized carbons (Fsp3) is 0.619. The van der Waals surface area contributed by atoms with E-state index in [9.17, 15) is 0 Å². The molecule has 1 N–H and O–H groups in total. The summed E-state index contributed by atoms with van der Waals surface area (Å²) in [5.74, 6) is 0. The van der Waals surface area contributed by atoms with Gasteiger partial charge < -0.3 is 10.2 Å². The molecule has 1 atom stereocenters. The van der Waals surface area contributed by atoms with Crippen molar-refractivity contribution >= 4 is 0 Å². The molecule has 2 nitrogen and oxygen atoms in total. The third-order valence-electron chi connectivity index (χ3n) is 4.70. The monoisotopic (exact) mass is 318 g/mol. The fourth-order valence-electron chi connectivity index (χ4n) is 3.33. The molecule has 0 rings (SSSR count). The number of hydrogen-bond donors (Lipinski definition) is 1. The first-order chi connectivity index (χ1) is 10.9. The molecule has 0 aliphatic heterocycles. The van der Waals surface area contributed by atoms with Crippen molar-refractivity contribution < 1.29 is 0 Å². The van der Waals surface area contributed by atoms with E-state index in [1.54, 1.807) is 0 Å². The zero-order valence-corrected chi connectivity index (χ0v) is 15.9. The third-order valence-corrected chi connectivity index (χ3v) is 4.70. The zero-order valence-electron chi connectivity index (χ0n) is 15.9. The first-order valence-electron chi connectivity index (χ1n) is 8.75. The number of nitrogens with zero attached hydrogens (tertiary/aromatic N) is 1. The summed E-state index contributed by atoms with van der Waals surface area (Å²) in [5.41, 5.74) is 0.482. The number of nitrogens with one attached hydrogen (secondary N) is 1. The van der Waals surface area contributed by atoms with Gasteiger partial charge in [0.15, 0.2) is 0 Å². The highest BCUT2D eigenvalue weighted by molar-refractivity contribution is 4.97. The first kappa shape index (κ1) is 21.7. The average molecular weight is 319 g/mol. The molecule has 0 aliphatic carbocycles. The molecule has 0 spiro atoms. The van der Waals surface area contributed by atoms with Gasteiger partial charge in [0.1, 0.15) is 0 Å². The molecule has 0 fully saturated rings. The van der Waals surface area contributed by atoms with Crippen LogP contribution in [0, 0.1) is 10.8 Å². The van der Waals surface area contributed by atoms with Crippen molar-refractivity contribution in [1.82, 2.24) is 10.2 Å². The lowest BCUT2D eigenvalue weighted by Crippen LogP contribution is -2.32. The van der Waals surface area contributed by atoms with Gasteiger partial charge in [-0.25, -0.2) is 0 Å². The largest absolute Gasteiger partial charge is 0.380 e. The smallest absolute Gasteiger partial charge is 0.0231 e. The predicted molar refractivity (Wildman–Crippen MR) is 106 cm³/mol. The molecule has 0 saturated heterocycles. The molecule has 23 heavy (non-hydrogen) atoms. The van der Waals surface area contributed by atoms with Crippen molar-refractivity contribution in [2.45, 2.75) is 46.0 Å². The minimum absolute atomic E-state index is 0.234. The standard InChI is InChI=1S/C21H38N2/c1-8-13-20(5,18-22-6)16-12-17-23(7)19-21(11-4,14-9-2)15-10-3/h8-10,12,17,22H,1-3,11,13-16,18-19H2,4-7H3/b17-12+. The van der Waals surface area contributed by atoms with Crippen molar-refractivity contribution in [3.63, 3.8) is 0 Å². The van der Waals surface area contributed by atoms with Gasteiger partial charge in [-0.15, -0.1) is 19.7 Å². The maximum absolute atomic E-state index is 3.93. The van der Waals surface area contributed by atoms with Crippen molar-refractivity contribution in [3.8, 4) is 0 Å².